The Morgan fingerprint density at radius 1 is 1.16 bits per heavy atom. The summed E-state index contributed by atoms with van der Waals surface area (Å²) in [4.78, 5) is 12.4. The number of hydrogen-bond acceptors (Lipinski definition) is 5. The molecule has 0 radical (unpaired) electrons. The van der Waals surface area contributed by atoms with Crippen LogP contribution in [0.15, 0.2) is 58.9 Å². The van der Waals surface area contributed by atoms with Crippen LogP contribution in [0.3, 0.4) is 0 Å². The molecular formula is C19H18N2OS3. The Kier molecular flexibility index (Phi) is 6.18. The molecule has 0 aliphatic carbocycles. The summed E-state index contributed by atoms with van der Waals surface area (Å²) >= 11 is 8.26. The second kappa shape index (κ2) is 8.56. The lowest BCUT2D eigenvalue weighted by atomic mass is 10.1. The lowest BCUT2D eigenvalue weighted by molar-refractivity contribution is 0.102. The van der Waals surface area contributed by atoms with Crippen molar-refractivity contribution >= 4 is 41.1 Å². The van der Waals surface area contributed by atoms with Gasteiger partial charge in [0.1, 0.15) is 0 Å². The van der Waals surface area contributed by atoms with Gasteiger partial charge in [-0.15, -0.1) is 5.10 Å². The number of aryl methyl sites for hydroxylation is 1. The van der Waals surface area contributed by atoms with Crippen LogP contribution >= 0.6 is 35.3 Å². The molecule has 0 aliphatic heterocycles. The Balaban J connectivity index is 1.65. The number of Topliss-reactive ketones (excluding diaryl/α,β-unsaturated/α-hetero) is 1. The average molecular weight is 387 g/mol. The predicted octanol–water partition coefficient (Wildman–Crippen LogP) is 5.59. The van der Waals surface area contributed by atoms with Crippen LogP contribution in [0, 0.1) is 3.95 Å². The number of carbonyl (C=O) groups excluding carboxylic acids is 1. The van der Waals surface area contributed by atoms with Crippen molar-refractivity contribution in [1.29, 1.82) is 0 Å². The minimum Gasteiger partial charge on any atom is -0.293 e. The molecule has 0 unspecified atom stereocenters. The predicted molar refractivity (Wildman–Crippen MR) is 108 cm³/mol. The quantitative estimate of drug-likeness (QED) is 0.301. The van der Waals surface area contributed by atoms with Crippen LogP contribution in [0.25, 0.3) is 5.69 Å². The minimum absolute atomic E-state index is 0.112. The molecule has 0 saturated carbocycles. The zero-order valence-electron chi connectivity index (χ0n) is 13.8. The molecule has 1 heterocycles. The second-order valence-corrected chi connectivity index (χ2v) is 8.39. The van der Waals surface area contributed by atoms with E-state index < -0.39 is 0 Å². The van der Waals surface area contributed by atoms with Gasteiger partial charge in [-0.05, 0) is 36.3 Å². The first kappa shape index (κ1) is 18.0. The number of thioether (sulfide) groups is 1. The topological polar surface area (TPSA) is 34.9 Å². The molecule has 0 spiro atoms. The lowest BCUT2D eigenvalue weighted by Gasteiger charge is -2.02. The van der Waals surface area contributed by atoms with E-state index in [2.05, 4.69) is 12.0 Å². The van der Waals surface area contributed by atoms with Crippen LogP contribution in [-0.2, 0) is 6.42 Å². The number of aromatic nitrogens is 2. The van der Waals surface area contributed by atoms with E-state index >= 15 is 0 Å². The fourth-order valence-electron chi connectivity index (χ4n) is 2.41. The third-order valence-electron chi connectivity index (χ3n) is 3.67. The zero-order chi connectivity index (χ0) is 17.6. The fourth-order valence-corrected chi connectivity index (χ4v) is 4.66. The highest BCUT2D eigenvalue weighted by Gasteiger charge is 2.11. The van der Waals surface area contributed by atoms with Gasteiger partial charge in [0.15, 0.2) is 14.1 Å². The Morgan fingerprint density at radius 3 is 2.56 bits per heavy atom. The molecule has 0 amide bonds. The Labute approximate surface area is 160 Å². The summed E-state index contributed by atoms with van der Waals surface area (Å²) in [6.45, 7) is 2.15. The van der Waals surface area contributed by atoms with Gasteiger partial charge in [0.25, 0.3) is 0 Å². The number of rotatable bonds is 7. The summed E-state index contributed by atoms with van der Waals surface area (Å²) in [7, 11) is 0. The molecule has 0 fully saturated rings. The molecule has 3 nitrogen and oxygen atoms in total. The standard InChI is InChI=1S/C19H18N2OS3/c1-2-6-14-9-11-15(12-10-14)17(22)13-24-18-20-21(19(23)25-18)16-7-4-3-5-8-16/h3-5,7-12H,2,6,13H2,1H3. The van der Waals surface area contributed by atoms with Crippen molar-refractivity contribution in [2.45, 2.75) is 24.1 Å². The van der Waals surface area contributed by atoms with Crippen LogP contribution in [0.2, 0.25) is 0 Å². The highest BCUT2D eigenvalue weighted by molar-refractivity contribution is 8.01. The zero-order valence-corrected chi connectivity index (χ0v) is 16.3. The maximum absolute atomic E-state index is 12.4. The van der Waals surface area contributed by atoms with Crippen LogP contribution in [0.4, 0.5) is 0 Å². The number of nitrogens with zero attached hydrogens (tertiary/aromatic N) is 2. The van der Waals surface area contributed by atoms with Gasteiger partial charge in [-0.3, -0.25) is 4.79 Å². The van der Waals surface area contributed by atoms with Gasteiger partial charge in [0, 0.05) is 5.56 Å². The Morgan fingerprint density at radius 2 is 1.88 bits per heavy atom. The van der Waals surface area contributed by atoms with Crippen LogP contribution in [-0.4, -0.2) is 21.3 Å². The normalized spacial score (nSPS) is 10.8. The van der Waals surface area contributed by atoms with E-state index in [1.807, 2.05) is 54.6 Å². The van der Waals surface area contributed by atoms with Crippen molar-refractivity contribution in [1.82, 2.24) is 9.78 Å². The molecule has 3 aromatic rings. The van der Waals surface area contributed by atoms with Gasteiger partial charge in [0.05, 0.1) is 11.4 Å². The van der Waals surface area contributed by atoms with Crippen molar-refractivity contribution < 1.29 is 4.79 Å². The molecule has 2 aromatic carbocycles. The third-order valence-corrected chi connectivity index (χ3v) is 6.04. The van der Waals surface area contributed by atoms with Crippen molar-refractivity contribution in [2.75, 3.05) is 5.75 Å². The van der Waals surface area contributed by atoms with Gasteiger partial charge in [-0.2, -0.15) is 0 Å². The number of benzene rings is 2. The molecule has 25 heavy (non-hydrogen) atoms. The average Bonchev–Trinajstić information content (AvgIpc) is 3.02. The largest absolute Gasteiger partial charge is 0.293 e. The Hall–Kier alpha value is -1.76. The molecule has 0 bridgehead atoms. The monoisotopic (exact) mass is 386 g/mol. The van der Waals surface area contributed by atoms with E-state index in [0.29, 0.717) is 9.71 Å². The summed E-state index contributed by atoms with van der Waals surface area (Å²) < 4.78 is 3.24. The minimum atomic E-state index is 0.112. The van der Waals surface area contributed by atoms with Crippen LogP contribution in [0.5, 0.6) is 0 Å². The van der Waals surface area contributed by atoms with Gasteiger partial charge >= 0.3 is 0 Å². The van der Waals surface area contributed by atoms with Crippen LogP contribution in [0.1, 0.15) is 29.3 Å². The first-order valence-corrected chi connectivity index (χ1v) is 10.3. The van der Waals surface area contributed by atoms with Crippen molar-refractivity contribution in [3.63, 3.8) is 0 Å². The third kappa shape index (κ3) is 4.66. The fraction of sp³-hybridized carbons (Fsp3) is 0.211. The van der Waals surface area contributed by atoms with Crippen molar-refractivity contribution in [3.05, 3.63) is 69.7 Å². The van der Waals surface area contributed by atoms with E-state index in [9.17, 15) is 4.79 Å². The van der Waals surface area contributed by atoms with E-state index in [1.165, 1.54) is 28.7 Å². The smallest absolute Gasteiger partial charge is 0.184 e. The molecule has 0 aliphatic rings. The lowest BCUT2D eigenvalue weighted by Crippen LogP contribution is -2.02. The maximum atomic E-state index is 12.4. The summed E-state index contributed by atoms with van der Waals surface area (Å²) in [5.41, 5.74) is 2.96. The molecule has 3 rings (SSSR count). The second-order valence-electron chi connectivity index (χ2n) is 5.54. The molecule has 128 valence electrons. The van der Waals surface area contributed by atoms with E-state index in [4.69, 9.17) is 12.2 Å². The SMILES string of the molecule is CCCc1ccc(C(=O)CSc2nn(-c3ccccc3)c(=S)s2)cc1. The van der Waals surface area contributed by atoms with Gasteiger partial charge in [0.2, 0.25) is 0 Å². The van der Waals surface area contributed by atoms with E-state index in [0.717, 1.165) is 28.4 Å². The Bertz CT molecular complexity index is 898. The molecule has 1 aromatic heterocycles. The van der Waals surface area contributed by atoms with Crippen molar-refractivity contribution in [3.8, 4) is 5.69 Å². The molecular weight excluding hydrogens is 368 g/mol. The first-order chi connectivity index (χ1) is 12.2. The molecule has 0 saturated heterocycles. The van der Waals surface area contributed by atoms with Crippen LogP contribution < -0.4 is 0 Å². The van der Waals surface area contributed by atoms with Gasteiger partial charge in [-0.25, -0.2) is 4.68 Å². The molecule has 0 atom stereocenters. The summed E-state index contributed by atoms with van der Waals surface area (Å²) in [5, 5.41) is 4.53. The summed E-state index contributed by atoms with van der Waals surface area (Å²) in [6.07, 6.45) is 2.15. The molecule has 0 N–H and O–H groups in total. The maximum Gasteiger partial charge on any atom is 0.184 e. The highest BCUT2D eigenvalue weighted by atomic mass is 32.2. The van der Waals surface area contributed by atoms with Gasteiger partial charge < -0.3 is 0 Å². The number of hydrogen-bond donors (Lipinski definition) is 0. The molecule has 6 heteroatoms. The van der Waals surface area contributed by atoms with E-state index in [1.54, 1.807) is 4.68 Å². The highest BCUT2D eigenvalue weighted by Crippen LogP contribution is 2.25. The van der Waals surface area contributed by atoms with E-state index in [-0.39, 0.29) is 5.78 Å². The number of ketones is 1. The van der Waals surface area contributed by atoms with Gasteiger partial charge in [-0.1, -0.05) is 78.9 Å². The first-order valence-electron chi connectivity index (χ1n) is 8.08. The van der Waals surface area contributed by atoms with Crippen molar-refractivity contribution in [2.24, 2.45) is 0 Å². The summed E-state index contributed by atoms with van der Waals surface area (Å²) in [6, 6.07) is 17.7. The summed E-state index contributed by atoms with van der Waals surface area (Å²) in [5.74, 6) is 0.477. The number of para-hydroxylation sites is 1. The number of carbonyl (C=O) groups is 1.